The predicted molar refractivity (Wildman–Crippen MR) is 75.3 cm³/mol. The molecule has 6 heteroatoms. The first-order valence-corrected chi connectivity index (χ1v) is 7.27. The molecule has 0 aromatic carbocycles. The van der Waals surface area contributed by atoms with Gasteiger partial charge in [0.2, 0.25) is 11.8 Å². The normalized spacial score (nSPS) is 14.3. The van der Waals surface area contributed by atoms with Gasteiger partial charge in [0.05, 0.1) is 11.7 Å². The number of nitrogens with zero attached hydrogens (tertiary/aromatic N) is 2. The van der Waals surface area contributed by atoms with E-state index in [0.717, 1.165) is 0 Å². The lowest BCUT2D eigenvalue weighted by Gasteiger charge is -2.22. The number of hydrogen-bond acceptors (Lipinski definition) is 6. The molecule has 0 fully saturated rings. The monoisotopic (exact) mass is 271 g/mol. The van der Waals surface area contributed by atoms with Crippen LogP contribution in [0.5, 0.6) is 5.88 Å². The second-order valence-corrected chi connectivity index (χ2v) is 5.53. The Hall–Kier alpha value is -1.01. The highest BCUT2D eigenvalue weighted by Crippen LogP contribution is 2.13. The fraction of sp³-hybridized carbons (Fsp3) is 0.667. The van der Waals surface area contributed by atoms with Crippen molar-refractivity contribution in [2.75, 3.05) is 23.9 Å². The molecule has 0 bridgehead atoms. The largest absolute Gasteiger partial charge is 0.475 e. The first-order chi connectivity index (χ1) is 8.43. The van der Waals surface area contributed by atoms with E-state index >= 15 is 0 Å². The Kier molecular flexibility index (Phi) is 5.68. The van der Waals surface area contributed by atoms with Crippen LogP contribution in [0.25, 0.3) is 0 Å². The summed E-state index contributed by atoms with van der Waals surface area (Å²) in [4.78, 5) is 8.30. The first-order valence-electron chi connectivity index (χ1n) is 5.88. The van der Waals surface area contributed by atoms with E-state index in [1.807, 2.05) is 20.1 Å². The minimum Gasteiger partial charge on any atom is -0.475 e. The van der Waals surface area contributed by atoms with E-state index in [0.29, 0.717) is 24.1 Å². The molecule has 0 spiro atoms. The van der Waals surface area contributed by atoms with Crippen molar-refractivity contribution < 1.29 is 9.84 Å². The third kappa shape index (κ3) is 5.55. The summed E-state index contributed by atoms with van der Waals surface area (Å²) in [6, 6.07) is 1.71. The molecule has 1 atom stereocenters. The zero-order chi connectivity index (χ0) is 13.6. The van der Waals surface area contributed by atoms with Crippen LogP contribution in [0.1, 0.15) is 20.8 Å². The van der Waals surface area contributed by atoms with Crippen molar-refractivity contribution in [2.24, 2.45) is 0 Å². The standard InChI is InChI=1S/C12H21N3O2S/c1-9(2)17-10-5-6-13-11(15-10)14-7-12(3,16)8-18-4/h5-6,9,16H,7-8H2,1-4H3,(H,13,14,15). The summed E-state index contributed by atoms with van der Waals surface area (Å²) < 4.78 is 5.48. The summed E-state index contributed by atoms with van der Waals surface area (Å²) >= 11 is 1.60. The summed E-state index contributed by atoms with van der Waals surface area (Å²) in [6.07, 6.45) is 3.67. The molecule has 2 N–H and O–H groups in total. The minimum atomic E-state index is -0.780. The molecule has 1 heterocycles. The molecule has 0 aliphatic heterocycles. The smallest absolute Gasteiger partial charge is 0.226 e. The average Bonchev–Trinajstić information content (AvgIpc) is 2.26. The quantitative estimate of drug-likeness (QED) is 0.788. The molecule has 5 nitrogen and oxygen atoms in total. The van der Waals surface area contributed by atoms with Crippen LogP contribution in [0.2, 0.25) is 0 Å². The SMILES string of the molecule is CSCC(C)(O)CNc1nccc(OC(C)C)n1. The highest BCUT2D eigenvalue weighted by atomic mass is 32.2. The van der Waals surface area contributed by atoms with Gasteiger partial charge in [0.1, 0.15) is 0 Å². The molecule has 1 rings (SSSR count). The second kappa shape index (κ2) is 6.80. The molecule has 1 aromatic rings. The number of aromatic nitrogens is 2. The Morgan fingerprint density at radius 1 is 1.56 bits per heavy atom. The molecule has 0 amide bonds. The number of rotatable bonds is 7. The maximum atomic E-state index is 10.0. The van der Waals surface area contributed by atoms with Gasteiger partial charge in [0, 0.05) is 24.6 Å². The van der Waals surface area contributed by atoms with Crippen LogP contribution in [-0.2, 0) is 0 Å². The van der Waals surface area contributed by atoms with Crippen LogP contribution in [0.4, 0.5) is 5.95 Å². The molecular weight excluding hydrogens is 250 g/mol. The Labute approximate surface area is 112 Å². The molecule has 0 saturated heterocycles. The van der Waals surface area contributed by atoms with Crippen LogP contribution in [0.15, 0.2) is 12.3 Å². The van der Waals surface area contributed by atoms with E-state index in [1.165, 1.54) is 0 Å². The molecular formula is C12H21N3O2S. The summed E-state index contributed by atoms with van der Waals surface area (Å²) in [6.45, 7) is 6.07. The van der Waals surface area contributed by atoms with Gasteiger partial charge in [0.15, 0.2) is 0 Å². The van der Waals surface area contributed by atoms with Crippen molar-refractivity contribution in [3.05, 3.63) is 12.3 Å². The lowest BCUT2D eigenvalue weighted by Crippen LogP contribution is -2.36. The van der Waals surface area contributed by atoms with Gasteiger partial charge in [0.25, 0.3) is 0 Å². The number of hydrogen-bond donors (Lipinski definition) is 2. The second-order valence-electron chi connectivity index (χ2n) is 4.67. The number of nitrogens with one attached hydrogen (secondary N) is 1. The minimum absolute atomic E-state index is 0.0762. The zero-order valence-corrected chi connectivity index (χ0v) is 12.1. The summed E-state index contributed by atoms with van der Waals surface area (Å²) in [7, 11) is 0. The highest BCUT2D eigenvalue weighted by Gasteiger charge is 2.19. The van der Waals surface area contributed by atoms with Gasteiger partial charge in [-0.1, -0.05) is 0 Å². The number of ether oxygens (including phenoxy) is 1. The number of thioether (sulfide) groups is 1. The third-order valence-corrected chi connectivity index (χ3v) is 2.98. The third-order valence-electron chi connectivity index (χ3n) is 2.07. The molecule has 0 aliphatic carbocycles. The van der Waals surface area contributed by atoms with E-state index in [-0.39, 0.29) is 6.10 Å². The van der Waals surface area contributed by atoms with Crippen molar-refractivity contribution in [1.82, 2.24) is 9.97 Å². The van der Waals surface area contributed by atoms with Crippen molar-refractivity contribution in [1.29, 1.82) is 0 Å². The fourth-order valence-electron chi connectivity index (χ4n) is 1.37. The highest BCUT2D eigenvalue weighted by molar-refractivity contribution is 7.98. The Morgan fingerprint density at radius 2 is 2.28 bits per heavy atom. The maximum Gasteiger partial charge on any atom is 0.226 e. The molecule has 0 radical (unpaired) electrons. The Morgan fingerprint density at radius 3 is 2.89 bits per heavy atom. The van der Waals surface area contributed by atoms with E-state index in [2.05, 4.69) is 15.3 Å². The molecule has 0 saturated carbocycles. The van der Waals surface area contributed by atoms with Crippen LogP contribution in [0.3, 0.4) is 0 Å². The first kappa shape index (κ1) is 15.0. The average molecular weight is 271 g/mol. The van der Waals surface area contributed by atoms with Crippen molar-refractivity contribution in [2.45, 2.75) is 32.5 Å². The fourth-order valence-corrected chi connectivity index (χ4v) is 2.09. The van der Waals surface area contributed by atoms with Gasteiger partial charge in [-0.3, -0.25) is 0 Å². The van der Waals surface area contributed by atoms with E-state index in [1.54, 1.807) is 30.9 Å². The van der Waals surface area contributed by atoms with E-state index in [9.17, 15) is 5.11 Å². The van der Waals surface area contributed by atoms with E-state index in [4.69, 9.17) is 4.74 Å². The molecule has 1 aromatic heterocycles. The molecule has 0 aliphatic rings. The topological polar surface area (TPSA) is 67.3 Å². The van der Waals surface area contributed by atoms with Crippen LogP contribution >= 0.6 is 11.8 Å². The van der Waals surface area contributed by atoms with Crippen molar-refractivity contribution >= 4 is 17.7 Å². The Bertz CT molecular complexity index is 372. The van der Waals surface area contributed by atoms with Crippen LogP contribution < -0.4 is 10.1 Å². The van der Waals surface area contributed by atoms with Gasteiger partial charge in [-0.05, 0) is 27.0 Å². The van der Waals surface area contributed by atoms with Crippen molar-refractivity contribution in [3.8, 4) is 5.88 Å². The van der Waals surface area contributed by atoms with Gasteiger partial charge < -0.3 is 15.2 Å². The number of anilines is 1. The molecule has 18 heavy (non-hydrogen) atoms. The van der Waals surface area contributed by atoms with Gasteiger partial charge in [-0.15, -0.1) is 0 Å². The lowest BCUT2D eigenvalue weighted by atomic mass is 10.1. The van der Waals surface area contributed by atoms with E-state index < -0.39 is 5.60 Å². The van der Waals surface area contributed by atoms with Gasteiger partial charge >= 0.3 is 0 Å². The summed E-state index contributed by atoms with van der Waals surface area (Å²) in [5.41, 5.74) is -0.780. The van der Waals surface area contributed by atoms with Crippen LogP contribution in [-0.4, -0.2) is 45.3 Å². The van der Waals surface area contributed by atoms with Crippen molar-refractivity contribution in [3.63, 3.8) is 0 Å². The molecule has 1 unspecified atom stereocenters. The van der Waals surface area contributed by atoms with Gasteiger partial charge in [-0.2, -0.15) is 16.7 Å². The van der Waals surface area contributed by atoms with Gasteiger partial charge in [-0.25, -0.2) is 4.98 Å². The zero-order valence-electron chi connectivity index (χ0n) is 11.3. The number of aliphatic hydroxyl groups is 1. The predicted octanol–water partition coefficient (Wildman–Crippen LogP) is 1.79. The summed E-state index contributed by atoms with van der Waals surface area (Å²) in [5.74, 6) is 1.66. The lowest BCUT2D eigenvalue weighted by molar-refractivity contribution is 0.0995. The maximum absolute atomic E-state index is 10.0. The van der Waals surface area contributed by atoms with Crippen LogP contribution in [0, 0.1) is 0 Å². The Balaban J connectivity index is 2.57. The summed E-state index contributed by atoms with van der Waals surface area (Å²) in [5, 5.41) is 13.0. The molecule has 102 valence electrons.